The van der Waals surface area contributed by atoms with E-state index < -0.39 is 5.60 Å². The SMILES string of the molecule is CC(C)(C)OC(=O)CCCC(=O)NCCOCCOCC(=O)NCCCCCCO.CC(C)(C)OC(=O)CCCCCCCCCCCCCCCCC(N)=O.[CH3-].[Cs+]. The Morgan fingerprint density at radius 3 is 1.34 bits per heavy atom. The van der Waals surface area contributed by atoms with Crippen molar-refractivity contribution in [2.24, 2.45) is 5.73 Å². The molecule has 0 aliphatic carbocycles. The maximum atomic E-state index is 11.7. The molecule has 3 amide bonds. The van der Waals surface area contributed by atoms with Crippen molar-refractivity contribution in [2.45, 2.75) is 200 Å². The zero-order valence-electron chi connectivity index (χ0n) is 38.4. The van der Waals surface area contributed by atoms with E-state index in [1.165, 1.54) is 64.2 Å². The number of unbranched alkanes of at least 4 members (excludes halogenated alkanes) is 16. The van der Waals surface area contributed by atoms with E-state index in [4.69, 9.17) is 29.8 Å². The summed E-state index contributed by atoms with van der Waals surface area (Å²) in [5, 5.41) is 14.2. The maximum absolute atomic E-state index is 11.7. The minimum absolute atomic E-state index is 0. The fourth-order valence-electron chi connectivity index (χ4n) is 5.47. The van der Waals surface area contributed by atoms with Gasteiger partial charge in [0.15, 0.2) is 0 Å². The van der Waals surface area contributed by atoms with Crippen molar-refractivity contribution in [3.63, 3.8) is 0 Å². The molecule has 13 nitrogen and oxygen atoms in total. The van der Waals surface area contributed by atoms with E-state index in [0.29, 0.717) is 52.2 Å². The quantitative estimate of drug-likeness (QED) is 0.0389. The van der Waals surface area contributed by atoms with E-state index in [1.54, 1.807) is 20.8 Å². The van der Waals surface area contributed by atoms with Crippen LogP contribution in [0.3, 0.4) is 0 Å². The molecule has 0 bridgehead atoms. The largest absolute Gasteiger partial charge is 1.00 e. The number of carbonyl (C=O) groups excluding carboxylic acids is 5. The number of hydrogen-bond donors (Lipinski definition) is 4. The van der Waals surface area contributed by atoms with Crippen molar-refractivity contribution in [1.29, 1.82) is 0 Å². The van der Waals surface area contributed by atoms with Gasteiger partial charge < -0.3 is 47.8 Å². The number of primary amides is 1. The van der Waals surface area contributed by atoms with Gasteiger partial charge in [-0.2, -0.15) is 0 Å². The molecule has 0 unspecified atom stereocenters. The Kier molecular flexibility index (Phi) is 48.9. The van der Waals surface area contributed by atoms with Crippen molar-refractivity contribution in [3.8, 4) is 0 Å². The van der Waals surface area contributed by atoms with Gasteiger partial charge in [-0.05, 0) is 73.6 Å². The number of amides is 3. The monoisotopic (exact) mass is 950 g/mol. The van der Waals surface area contributed by atoms with Crippen LogP contribution in [0.5, 0.6) is 0 Å². The molecule has 0 aliphatic rings. The van der Waals surface area contributed by atoms with E-state index in [1.807, 2.05) is 20.8 Å². The average Bonchev–Trinajstić information content (AvgIpc) is 3.09. The fraction of sp³-hybridized carbons (Fsp3) is 0.864. The summed E-state index contributed by atoms with van der Waals surface area (Å²) in [5.74, 6) is -0.828. The van der Waals surface area contributed by atoms with Gasteiger partial charge in [-0.15, -0.1) is 0 Å². The molecule has 0 atom stereocenters. The van der Waals surface area contributed by atoms with E-state index in [-0.39, 0.29) is 138 Å². The third-order valence-corrected chi connectivity index (χ3v) is 8.26. The summed E-state index contributed by atoms with van der Waals surface area (Å²) in [5.41, 5.74) is 4.25. The average molecular weight is 950 g/mol. The molecule has 0 aromatic heterocycles. The molecule has 58 heavy (non-hydrogen) atoms. The minimum atomic E-state index is -0.509. The standard InChI is InChI=1S/C22H43NO3.C21H40N2O7.CH3.Cs/c1-22(2,3)26-21(25)19-17-15-13-11-9-7-5-4-6-8-10-12-14-16-18-20(23)24;1-21(2,3)30-20(27)10-8-9-18(25)23-12-14-28-15-16-29-17-19(26)22-11-6-4-5-7-13-24;;/h4-19H2,1-3H3,(H2,23,24);24H,4-17H2,1-3H3,(H,22,26)(H,23,25);1H3;/q;;-1;+1. The second-order valence-electron chi connectivity index (χ2n) is 16.4. The Morgan fingerprint density at radius 1 is 0.483 bits per heavy atom. The third kappa shape index (κ3) is 57.4. The molecule has 14 heteroatoms. The van der Waals surface area contributed by atoms with E-state index >= 15 is 0 Å². The number of hydrogen-bond acceptors (Lipinski definition) is 10. The van der Waals surface area contributed by atoms with Gasteiger partial charge in [0.2, 0.25) is 17.7 Å². The Balaban J connectivity index is -0.000000491. The smallest absolute Gasteiger partial charge is 0.460 e. The van der Waals surface area contributed by atoms with Crippen LogP contribution < -0.4 is 85.3 Å². The zero-order chi connectivity index (χ0) is 42.3. The summed E-state index contributed by atoms with van der Waals surface area (Å²) in [6, 6.07) is 0. The van der Waals surface area contributed by atoms with Gasteiger partial charge >= 0.3 is 80.8 Å². The van der Waals surface area contributed by atoms with Crippen LogP contribution in [0.4, 0.5) is 0 Å². The second kappa shape index (κ2) is 44.3. The molecule has 5 N–H and O–H groups in total. The zero-order valence-corrected chi connectivity index (χ0v) is 44.7. The molecule has 0 radical (unpaired) electrons. The minimum Gasteiger partial charge on any atom is -0.460 e. The van der Waals surface area contributed by atoms with E-state index in [0.717, 1.165) is 51.4 Å². The molecule has 0 fully saturated rings. The van der Waals surface area contributed by atoms with Crippen molar-refractivity contribution >= 4 is 29.7 Å². The first-order valence-electron chi connectivity index (χ1n) is 21.6. The van der Waals surface area contributed by atoms with Crippen LogP contribution in [0.2, 0.25) is 0 Å². The van der Waals surface area contributed by atoms with Gasteiger partial charge in [-0.3, -0.25) is 24.0 Å². The third-order valence-electron chi connectivity index (χ3n) is 8.26. The van der Waals surface area contributed by atoms with Crippen molar-refractivity contribution in [3.05, 3.63) is 7.43 Å². The van der Waals surface area contributed by atoms with Crippen molar-refractivity contribution in [1.82, 2.24) is 10.6 Å². The van der Waals surface area contributed by atoms with Crippen LogP contribution >= 0.6 is 0 Å². The first-order valence-corrected chi connectivity index (χ1v) is 21.6. The second-order valence-corrected chi connectivity index (χ2v) is 16.4. The molecule has 0 heterocycles. The summed E-state index contributed by atoms with van der Waals surface area (Å²) in [6.45, 7) is 13.3. The molecule has 0 rings (SSSR count). The van der Waals surface area contributed by atoms with Crippen molar-refractivity contribution < 1.29 is 117 Å². The molecule has 0 aromatic rings. The van der Waals surface area contributed by atoms with Crippen LogP contribution in [0.25, 0.3) is 0 Å². The Labute approximate surface area is 412 Å². The molecular weight excluding hydrogens is 863 g/mol. The van der Waals surface area contributed by atoms with Gasteiger partial charge in [0.1, 0.15) is 17.8 Å². The molecule has 0 aromatic carbocycles. The van der Waals surface area contributed by atoms with Gasteiger partial charge in [-0.25, -0.2) is 0 Å². The molecule has 0 saturated carbocycles. The van der Waals surface area contributed by atoms with Gasteiger partial charge in [0, 0.05) is 45.4 Å². The number of nitrogens with one attached hydrogen (secondary N) is 2. The normalized spacial score (nSPS) is 10.9. The van der Waals surface area contributed by atoms with Crippen LogP contribution in [-0.2, 0) is 42.9 Å². The van der Waals surface area contributed by atoms with Crippen LogP contribution in [-0.4, -0.2) is 92.1 Å². The number of esters is 2. The molecule has 0 saturated heterocycles. The van der Waals surface area contributed by atoms with Gasteiger partial charge in [-0.1, -0.05) is 89.9 Å². The summed E-state index contributed by atoms with van der Waals surface area (Å²) in [6.07, 6.45) is 22.9. The summed E-state index contributed by atoms with van der Waals surface area (Å²) < 4.78 is 21.1. The first kappa shape index (κ1) is 63.9. The number of aliphatic hydroxyl groups is 1. The maximum Gasteiger partial charge on any atom is 1.00 e. The summed E-state index contributed by atoms with van der Waals surface area (Å²) in [7, 11) is 0. The van der Waals surface area contributed by atoms with Gasteiger partial charge in [0.25, 0.3) is 0 Å². The Hall–Kier alpha value is -0.718. The van der Waals surface area contributed by atoms with Crippen LogP contribution in [0.1, 0.15) is 189 Å². The predicted octanol–water partition coefficient (Wildman–Crippen LogP) is 4.83. The molecular formula is C44H86CsN3O10. The number of ether oxygens (including phenoxy) is 4. The van der Waals surface area contributed by atoms with Crippen molar-refractivity contribution in [2.75, 3.05) is 46.1 Å². The molecule has 0 spiro atoms. The first-order chi connectivity index (χ1) is 26.6. The van der Waals surface area contributed by atoms with E-state index in [9.17, 15) is 24.0 Å². The fourth-order valence-corrected chi connectivity index (χ4v) is 5.47. The number of nitrogens with two attached hydrogens (primary N) is 1. The van der Waals surface area contributed by atoms with Crippen LogP contribution in [0.15, 0.2) is 0 Å². The predicted molar refractivity (Wildman–Crippen MR) is 228 cm³/mol. The summed E-state index contributed by atoms with van der Waals surface area (Å²) in [4.78, 5) is 57.0. The molecule has 0 aliphatic heterocycles. The molecule has 338 valence electrons. The Bertz CT molecular complexity index is 1000. The number of rotatable bonds is 35. The van der Waals surface area contributed by atoms with Crippen LogP contribution in [0, 0.1) is 7.43 Å². The Morgan fingerprint density at radius 2 is 0.879 bits per heavy atom. The van der Waals surface area contributed by atoms with E-state index in [2.05, 4.69) is 10.6 Å². The van der Waals surface area contributed by atoms with Gasteiger partial charge in [0.05, 0.1) is 19.8 Å². The topological polar surface area (TPSA) is 193 Å². The number of aliphatic hydroxyl groups excluding tert-OH is 1. The number of carbonyl (C=O) groups is 5. The summed E-state index contributed by atoms with van der Waals surface area (Å²) >= 11 is 0.